The quantitative estimate of drug-likeness (QED) is 0.639. The summed E-state index contributed by atoms with van der Waals surface area (Å²) in [6, 6.07) is 13.9. The second-order valence-corrected chi connectivity index (χ2v) is 7.86. The average molecular weight is 378 g/mol. The van der Waals surface area contributed by atoms with Crippen LogP contribution in [-0.2, 0) is 17.6 Å². The Kier molecular flexibility index (Phi) is 4.84. The molecular formula is C23H26N2O3. The van der Waals surface area contributed by atoms with Gasteiger partial charge in [0.05, 0.1) is 6.61 Å². The maximum atomic E-state index is 13.1. The fourth-order valence-electron chi connectivity index (χ4n) is 4.12. The highest BCUT2D eigenvalue weighted by Gasteiger charge is 2.51. The predicted octanol–water partition coefficient (Wildman–Crippen LogP) is 3.55. The van der Waals surface area contributed by atoms with E-state index in [2.05, 4.69) is 31.3 Å². The summed E-state index contributed by atoms with van der Waals surface area (Å²) in [6.07, 6.45) is 2.65. The largest absolute Gasteiger partial charge is 0.494 e. The lowest BCUT2D eigenvalue weighted by atomic mass is 9.78. The molecule has 2 aromatic carbocycles. The van der Waals surface area contributed by atoms with Crippen molar-refractivity contribution in [3.8, 4) is 5.75 Å². The zero-order valence-corrected chi connectivity index (χ0v) is 16.5. The molecule has 1 atom stereocenters. The Morgan fingerprint density at radius 1 is 1.07 bits per heavy atom. The van der Waals surface area contributed by atoms with Gasteiger partial charge in [0.25, 0.3) is 5.91 Å². The van der Waals surface area contributed by atoms with Crippen molar-refractivity contribution < 1.29 is 14.3 Å². The van der Waals surface area contributed by atoms with E-state index in [0.29, 0.717) is 32.4 Å². The van der Waals surface area contributed by atoms with Gasteiger partial charge >= 0.3 is 6.03 Å². The molecule has 146 valence electrons. The summed E-state index contributed by atoms with van der Waals surface area (Å²) in [7, 11) is 0. The Balaban J connectivity index is 1.35. The third kappa shape index (κ3) is 3.37. The van der Waals surface area contributed by atoms with Gasteiger partial charge in [-0.1, -0.05) is 30.3 Å². The number of urea groups is 1. The van der Waals surface area contributed by atoms with Crippen molar-refractivity contribution in [1.29, 1.82) is 0 Å². The molecule has 5 nitrogen and oxygen atoms in total. The normalized spacial score (nSPS) is 21.0. The van der Waals surface area contributed by atoms with Crippen molar-refractivity contribution in [2.45, 2.75) is 45.1 Å². The molecule has 1 heterocycles. The lowest BCUT2D eigenvalue weighted by Crippen LogP contribution is -2.51. The topological polar surface area (TPSA) is 58.6 Å². The molecule has 1 aliphatic heterocycles. The van der Waals surface area contributed by atoms with Crippen molar-refractivity contribution in [1.82, 2.24) is 10.2 Å². The highest BCUT2D eigenvalue weighted by atomic mass is 16.5. The highest BCUT2D eigenvalue weighted by molar-refractivity contribution is 6.07. The van der Waals surface area contributed by atoms with Crippen molar-refractivity contribution >= 4 is 11.9 Å². The Hall–Kier alpha value is -2.82. The van der Waals surface area contributed by atoms with Gasteiger partial charge in [-0.05, 0) is 67.5 Å². The van der Waals surface area contributed by atoms with Gasteiger partial charge in [-0.3, -0.25) is 9.69 Å². The Labute approximate surface area is 165 Å². The Bertz CT molecular complexity index is 924. The van der Waals surface area contributed by atoms with Gasteiger partial charge in [-0.2, -0.15) is 0 Å². The van der Waals surface area contributed by atoms with Crippen LogP contribution in [0.15, 0.2) is 42.5 Å². The van der Waals surface area contributed by atoms with E-state index in [-0.39, 0.29) is 11.9 Å². The van der Waals surface area contributed by atoms with Crippen molar-refractivity contribution in [3.63, 3.8) is 0 Å². The van der Waals surface area contributed by atoms with Gasteiger partial charge in [0.2, 0.25) is 0 Å². The van der Waals surface area contributed by atoms with Gasteiger partial charge in [0, 0.05) is 13.0 Å². The SMILES string of the molecule is Cc1ccc(OCCCN2C(=O)NC3(CCc4ccccc4C3)C2=O)cc1C. The summed E-state index contributed by atoms with van der Waals surface area (Å²) in [4.78, 5) is 26.9. The number of hydrogen-bond donors (Lipinski definition) is 1. The number of imide groups is 1. The van der Waals surface area contributed by atoms with Crippen molar-refractivity contribution in [2.24, 2.45) is 0 Å². The minimum Gasteiger partial charge on any atom is -0.494 e. The lowest BCUT2D eigenvalue weighted by molar-refractivity contribution is -0.131. The first-order valence-electron chi connectivity index (χ1n) is 9.89. The summed E-state index contributed by atoms with van der Waals surface area (Å²) in [5.41, 5.74) is 4.07. The van der Waals surface area contributed by atoms with Gasteiger partial charge in [-0.15, -0.1) is 0 Å². The number of fused-ring (bicyclic) bond motifs is 1. The molecule has 1 fully saturated rings. The van der Waals surface area contributed by atoms with Crippen LogP contribution in [0.5, 0.6) is 5.75 Å². The number of nitrogens with zero attached hydrogens (tertiary/aromatic N) is 1. The minimum atomic E-state index is -0.777. The van der Waals surface area contributed by atoms with Gasteiger partial charge in [0.1, 0.15) is 11.3 Å². The predicted molar refractivity (Wildman–Crippen MR) is 107 cm³/mol. The Morgan fingerprint density at radius 2 is 1.86 bits per heavy atom. The molecule has 0 radical (unpaired) electrons. The number of carbonyl (C=O) groups excluding carboxylic acids is 2. The molecule has 1 unspecified atom stereocenters. The average Bonchev–Trinajstić information content (AvgIpc) is 2.91. The van der Waals surface area contributed by atoms with Crippen LogP contribution in [0.4, 0.5) is 4.79 Å². The van der Waals surface area contributed by atoms with Crippen LogP contribution in [0, 0.1) is 13.8 Å². The smallest absolute Gasteiger partial charge is 0.325 e. The highest BCUT2D eigenvalue weighted by Crippen LogP contribution is 2.33. The lowest BCUT2D eigenvalue weighted by Gasteiger charge is -2.32. The number of amides is 3. The molecule has 0 aromatic heterocycles. The number of rotatable bonds is 5. The van der Waals surface area contributed by atoms with Crippen molar-refractivity contribution in [3.05, 3.63) is 64.7 Å². The fourth-order valence-corrected chi connectivity index (χ4v) is 4.12. The van der Waals surface area contributed by atoms with Crippen LogP contribution < -0.4 is 10.1 Å². The van der Waals surface area contributed by atoms with Crippen LogP contribution in [0.2, 0.25) is 0 Å². The first-order chi connectivity index (χ1) is 13.5. The van der Waals surface area contributed by atoms with E-state index in [4.69, 9.17) is 4.74 Å². The van der Waals surface area contributed by atoms with Crippen LogP contribution >= 0.6 is 0 Å². The number of aryl methyl sites for hydroxylation is 3. The van der Waals surface area contributed by atoms with Gasteiger partial charge in [0.15, 0.2) is 0 Å². The molecule has 5 heteroatoms. The number of ether oxygens (including phenoxy) is 1. The molecule has 0 saturated carbocycles. The number of nitrogens with one attached hydrogen (secondary N) is 1. The summed E-state index contributed by atoms with van der Waals surface area (Å²) in [5, 5.41) is 2.98. The summed E-state index contributed by atoms with van der Waals surface area (Å²) in [5.74, 6) is 0.721. The van der Waals surface area contributed by atoms with Crippen LogP contribution in [0.25, 0.3) is 0 Å². The molecule has 28 heavy (non-hydrogen) atoms. The van der Waals surface area contributed by atoms with Crippen LogP contribution in [-0.4, -0.2) is 35.5 Å². The first kappa shape index (κ1) is 18.5. The van der Waals surface area contributed by atoms with E-state index >= 15 is 0 Å². The van der Waals surface area contributed by atoms with E-state index in [9.17, 15) is 9.59 Å². The summed E-state index contributed by atoms with van der Waals surface area (Å²) < 4.78 is 5.79. The van der Waals surface area contributed by atoms with E-state index in [1.54, 1.807) is 0 Å². The number of hydrogen-bond acceptors (Lipinski definition) is 3. The van der Waals surface area contributed by atoms with E-state index in [1.807, 2.05) is 30.3 Å². The van der Waals surface area contributed by atoms with Crippen molar-refractivity contribution in [2.75, 3.05) is 13.2 Å². The summed E-state index contributed by atoms with van der Waals surface area (Å²) >= 11 is 0. The molecule has 1 aliphatic carbocycles. The maximum absolute atomic E-state index is 13.1. The molecule has 4 rings (SSSR count). The molecular weight excluding hydrogens is 352 g/mol. The minimum absolute atomic E-state index is 0.0989. The zero-order valence-electron chi connectivity index (χ0n) is 16.5. The zero-order chi connectivity index (χ0) is 19.7. The first-order valence-corrected chi connectivity index (χ1v) is 9.89. The Morgan fingerprint density at radius 3 is 2.64 bits per heavy atom. The monoisotopic (exact) mass is 378 g/mol. The maximum Gasteiger partial charge on any atom is 0.325 e. The third-order valence-electron chi connectivity index (χ3n) is 5.95. The number of benzene rings is 2. The fraction of sp³-hybridized carbons (Fsp3) is 0.391. The van der Waals surface area contributed by atoms with Crippen LogP contribution in [0.3, 0.4) is 0 Å². The standard InChI is InChI=1S/C23H26N2O3/c1-16-8-9-20(14-17(16)2)28-13-5-12-25-21(26)23(24-22(25)27)11-10-18-6-3-4-7-19(18)15-23/h3-4,6-9,14H,5,10-13,15H2,1-2H3,(H,24,27). The molecule has 3 amide bonds. The molecule has 1 saturated heterocycles. The molecule has 1 N–H and O–H groups in total. The summed E-state index contributed by atoms with van der Waals surface area (Å²) in [6.45, 7) is 4.96. The molecule has 1 spiro atoms. The molecule has 2 aromatic rings. The van der Waals surface area contributed by atoms with E-state index < -0.39 is 5.54 Å². The second-order valence-electron chi connectivity index (χ2n) is 7.86. The van der Waals surface area contributed by atoms with Gasteiger partial charge < -0.3 is 10.1 Å². The van der Waals surface area contributed by atoms with E-state index in [0.717, 1.165) is 17.7 Å². The van der Waals surface area contributed by atoms with Crippen LogP contribution in [0.1, 0.15) is 35.1 Å². The third-order valence-corrected chi connectivity index (χ3v) is 5.95. The molecule has 2 aliphatic rings. The molecule has 0 bridgehead atoms. The van der Waals surface area contributed by atoms with Gasteiger partial charge in [-0.25, -0.2) is 4.79 Å². The van der Waals surface area contributed by atoms with E-state index in [1.165, 1.54) is 21.6 Å². The second kappa shape index (κ2) is 7.30. The number of carbonyl (C=O) groups is 2.